The van der Waals surface area contributed by atoms with Crippen molar-refractivity contribution in [1.82, 2.24) is 15.2 Å². The number of aromatic nitrogens is 1. The van der Waals surface area contributed by atoms with E-state index in [-0.39, 0.29) is 0 Å². The van der Waals surface area contributed by atoms with Crippen LogP contribution in [0.2, 0.25) is 0 Å². The van der Waals surface area contributed by atoms with E-state index in [0.717, 1.165) is 25.4 Å². The number of nitrogens with one attached hydrogen (secondary N) is 1. The predicted molar refractivity (Wildman–Crippen MR) is 75.0 cm³/mol. The number of rotatable bonds is 8. The van der Waals surface area contributed by atoms with Gasteiger partial charge in [0, 0.05) is 24.8 Å². The summed E-state index contributed by atoms with van der Waals surface area (Å²) in [5, 5.41) is 3.38. The van der Waals surface area contributed by atoms with Crippen LogP contribution in [0, 0.1) is 0 Å². The lowest BCUT2D eigenvalue weighted by atomic mass is 10.1. The van der Waals surface area contributed by atoms with Gasteiger partial charge >= 0.3 is 0 Å². The second-order valence-corrected chi connectivity index (χ2v) is 4.71. The van der Waals surface area contributed by atoms with Crippen LogP contribution in [-0.2, 0) is 0 Å². The zero-order valence-corrected chi connectivity index (χ0v) is 11.9. The molecule has 1 aromatic rings. The van der Waals surface area contributed by atoms with Gasteiger partial charge in [0.15, 0.2) is 0 Å². The Morgan fingerprint density at radius 3 is 2.89 bits per heavy atom. The monoisotopic (exact) mass is 251 g/mol. The second-order valence-electron chi connectivity index (χ2n) is 4.71. The van der Waals surface area contributed by atoms with Crippen LogP contribution in [0.25, 0.3) is 0 Å². The van der Waals surface area contributed by atoms with E-state index < -0.39 is 0 Å². The molecule has 102 valence electrons. The number of hydrogen-bond donors (Lipinski definition) is 1. The molecule has 0 amide bonds. The third-order valence-electron chi connectivity index (χ3n) is 2.77. The summed E-state index contributed by atoms with van der Waals surface area (Å²) < 4.78 is 5.66. The molecular weight excluding hydrogens is 226 g/mol. The van der Waals surface area contributed by atoms with Gasteiger partial charge in [0.1, 0.15) is 0 Å². The van der Waals surface area contributed by atoms with Crippen molar-refractivity contribution in [2.24, 2.45) is 0 Å². The highest BCUT2D eigenvalue weighted by atomic mass is 16.5. The van der Waals surface area contributed by atoms with E-state index in [4.69, 9.17) is 4.74 Å². The minimum atomic E-state index is 0.335. The highest BCUT2D eigenvalue weighted by Gasteiger charge is 2.05. The summed E-state index contributed by atoms with van der Waals surface area (Å²) in [6.45, 7) is 6.96. The van der Waals surface area contributed by atoms with Crippen LogP contribution < -0.4 is 10.1 Å². The van der Waals surface area contributed by atoms with Crippen LogP contribution in [-0.4, -0.2) is 43.7 Å². The van der Waals surface area contributed by atoms with Crippen LogP contribution in [0.3, 0.4) is 0 Å². The smallest absolute Gasteiger partial charge is 0.213 e. The summed E-state index contributed by atoms with van der Waals surface area (Å²) in [7, 11) is 4.13. The van der Waals surface area contributed by atoms with Crippen LogP contribution in [0.5, 0.6) is 5.88 Å². The lowest BCUT2D eigenvalue weighted by Crippen LogP contribution is -2.18. The molecule has 1 atom stereocenters. The van der Waals surface area contributed by atoms with Gasteiger partial charge in [-0.1, -0.05) is 6.92 Å². The van der Waals surface area contributed by atoms with Gasteiger partial charge in [-0.2, -0.15) is 0 Å². The molecule has 1 heterocycles. The molecule has 0 aromatic carbocycles. The molecule has 0 bridgehead atoms. The summed E-state index contributed by atoms with van der Waals surface area (Å²) in [4.78, 5) is 6.39. The Morgan fingerprint density at radius 1 is 1.44 bits per heavy atom. The largest absolute Gasteiger partial charge is 0.478 e. The van der Waals surface area contributed by atoms with Crippen molar-refractivity contribution in [2.45, 2.75) is 26.3 Å². The zero-order chi connectivity index (χ0) is 13.4. The van der Waals surface area contributed by atoms with Gasteiger partial charge < -0.3 is 15.0 Å². The molecule has 1 rings (SSSR count). The standard InChI is InChI=1S/C14H25N3O/c1-5-15-12(2)13-7-8-16-14(11-13)18-10-6-9-17(3)4/h7-8,11-12,15H,5-6,9-10H2,1-4H3. The molecule has 0 aliphatic carbocycles. The molecule has 4 heteroatoms. The van der Waals surface area contributed by atoms with Crippen LogP contribution in [0.1, 0.15) is 31.9 Å². The molecule has 1 N–H and O–H groups in total. The van der Waals surface area contributed by atoms with Gasteiger partial charge in [-0.25, -0.2) is 4.98 Å². The van der Waals surface area contributed by atoms with E-state index in [0.29, 0.717) is 12.6 Å². The zero-order valence-electron chi connectivity index (χ0n) is 11.9. The van der Waals surface area contributed by atoms with Crippen molar-refractivity contribution < 1.29 is 4.74 Å². The Morgan fingerprint density at radius 2 is 2.22 bits per heavy atom. The maximum absolute atomic E-state index is 5.66. The molecule has 1 aromatic heterocycles. The van der Waals surface area contributed by atoms with Crippen molar-refractivity contribution in [3.8, 4) is 5.88 Å². The summed E-state index contributed by atoms with van der Waals surface area (Å²) in [6, 6.07) is 4.38. The number of hydrogen-bond acceptors (Lipinski definition) is 4. The Labute approximate surface area is 110 Å². The van der Waals surface area contributed by atoms with Gasteiger partial charge in [-0.3, -0.25) is 0 Å². The Balaban J connectivity index is 2.44. The van der Waals surface area contributed by atoms with Crippen molar-refractivity contribution in [3.05, 3.63) is 23.9 Å². The maximum atomic E-state index is 5.66. The van der Waals surface area contributed by atoms with Crippen molar-refractivity contribution in [2.75, 3.05) is 33.8 Å². The topological polar surface area (TPSA) is 37.4 Å². The van der Waals surface area contributed by atoms with Gasteiger partial charge in [-0.05, 0) is 45.6 Å². The van der Waals surface area contributed by atoms with Crippen LogP contribution in [0.15, 0.2) is 18.3 Å². The van der Waals surface area contributed by atoms with E-state index in [9.17, 15) is 0 Å². The van der Waals surface area contributed by atoms with Gasteiger partial charge in [0.25, 0.3) is 0 Å². The van der Waals surface area contributed by atoms with E-state index in [1.165, 1.54) is 5.56 Å². The summed E-state index contributed by atoms with van der Waals surface area (Å²) in [5.74, 6) is 0.719. The Bertz CT molecular complexity index is 342. The second kappa shape index (κ2) is 8.06. The Kier molecular flexibility index (Phi) is 6.68. The molecule has 4 nitrogen and oxygen atoms in total. The van der Waals surface area contributed by atoms with Gasteiger partial charge in [0.2, 0.25) is 5.88 Å². The molecule has 0 spiro atoms. The van der Waals surface area contributed by atoms with Crippen molar-refractivity contribution >= 4 is 0 Å². The average molecular weight is 251 g/mol. The predicted octanol–water partition coefficient (Wildman–Crippen LogP) is 2.08. The summed E-state index contributed by atoms with van der Waals surface area (Å²) in [6.07, 6.45) is 2.83. The first-order valence-electron chi connectivity index (χ1n) is 6.60. The third kappa shape index (κ3) is 5.47. The first-order chi connectivity index (χ1) is 8.63. The first kappa shape index (κ1) is 14.9. The lowest BCUT2D eigenvalue weighted by molar-refractivity contribution is 0.273. The van der Waals surface area contributed by atoms with Gasteiger partial charge in [-0.15, -0.1) is 0 Å². The quantitative estimate of drug-likeness (QED) is 0.718. The molecule has 1 unspecified atom stereocenters. The van der Waals surface area contributed by atoms with Crippen molar-refractivity contribution in [1.29, 1.82) is 0 Å². The van der Waals surface area contributed by atoms with Crippen LogP contribution >= 0.6 is 0 Å². The van der Waals surface area contributed by atoms with Crippen molar-refractivity contribution in [3.63, 3.8) is 0 Å². The molecule has 0 saturated heterocycles. The molecule has 0 saturated carbocycles. The van der Waals surface area contributed by atoms with Crippen LogP contribution in [0.4, 0.5) is 0 Å². The first-order valence-corrected chi connectivity index (χ1v) is 6.60. The average Bonchev–Trinajstić information content (AvgIpc) is 2.35. The minimum absolute atomic E-state index is 0.335. The van der Waals surface area contributed by atoms with E-state index in [1.807, 2.05) is 18.3 Å². The molecular formula is C14H25N3O. The Hall–Kier alpha value is -1.13. The fraction of sp³-hybridized carbons (Fsp3) is 0.643. The summed E-state index contributed by atoms with van der Waals surface area (Å²) >= 11 is 0. The number of nitrogens with zero attached hydrogens (tertiary/aromatic N) is 2. The fourth-order valence-electron chi connectivity index (χ4n) is 1.75. The molecule has 0 fully saturated rings. The molecule has 0 radical (unpaired) electrons. The molecule has 18 heavy (non-hydrogen) atoms. The SMILES string of the molecule is CCNC(C)c1ccnc(OCCCN(C)C)c1. The highest BCUT2D eigenvalue weighted by molar-refractivity contribution is 5.23. The fourth-order valence-corrected chi connectivity index (χ4v) is 1.75. The van der Waals surface area contributed by atoms with E-state index in [2.05, 4.69) is 43.1 Å². The molecule has 0 aliphatic rings. The normalized spacial score (nSPS) is 12.7. The van der Waals surface area contributed by atoms with E-state index >= 15 is 0 Å². The number of ether oxygens (including phenoxy) is 1. The lowest BCUT2D eigenvalue weighted by Gasteiger charge is -2.14. The number of pyridine rings is 1. The highest BCUT2D eigenvalue weighted by Crippen LogP contribution is 2.16. The van der Waals surface area contributed by atoms with E-state index in [1.54, 1.807) is 0 Å². The minimum Gasteiger partial charge on any atom is -0.478 e. The van der Waals surface area contributed by atoms with Gasteiger partial charge in [0.05, 0.1) is 6.61 Å². The molecule has 0 aliphatic heterocycles. The summed E-state index contributed by atoms with van der Waals surface area (Å²) in [5.41, 5.74) is 1.22. The third-order valence-corrected chi connectivity index (χ3v) is 2.77. The maximum Gasteiger partial charge on any atom is 0.213 e.